The van der Waals surface area contributed by atoms with E-state index in [9.17, 15) is 9.59 Å². The van der Waals surface area contributed by atoms with Gasteiger partial charge in [-0.1, -0.05) is 49.6 Å². The molecule has 128 valence electrons. The van der Waals surface area contributed by atoms with Crippen LogP contribution in [0.15, 0.2) is 30.3 Å². The molecular formula is C20H26N2O2. The summed E-state index contributed by atoms with van der Waals surface area (Å²) in [6.07, 6.45) is 7.83. The molecule has 1 aromatic rings. The first-order valence-electron chi connectivity index (χ1n) is 9.33. The fourth-order valence-electron chi connectivity index (χ4n) is 4.51. The van der Waals surface area contributed by atoms with Gasteiger partial charge in [-0.05, 0) is 37.2 Å². The van der Waals surface area contributed by atoms with Gasteiger partial charge in [0.05, 0.1) is 11.5 Å². The highest BCUT2D eigenvalue weighted by Crippen LogP contribution is 2.57. The first-order valence-corrected chi connectivity index (χ1v) is 9.33. The van der Waals surface area contributed by atoms with Crippen LogP contribution in [-0.2, 0) is 9.59 Å². The topological polar surface area (TPSA) is 49.4 Å². The van der Waals surface area contributed by atoms with Crippen LogP contribution in [0.5, 0.6) is 0 Å². The smallest absolute Gasteiger partial charge is 0.239 e. The van der Waals surface area contributed by atoms with Crippen molar-refractivity contribution in [2.75, 3.05) is 13.1 Å². The number of nitrogens with zero attached hydrogens (tertiary/aromatic N) is 1. The fraction of sp³-hybridized carbons (Fsp3) is 0.600. The molecule has 1 saturated heterocycles. The number of likely N-dealkylation sites (tertiary alicyclic amines) is 1. The zero-order valence-corrected chi connectivity index (χ0v) is 14.2. The Bertz CT molecular complexity index is 618. The monoisotopic (exact) mass is 326 g/mol. The van der Waals surface area contributed by atoms with E-state index in [1.807, 2.05) is 23.1 Å². The molecule has 1 spiro atoms. The van der Waals surface area contributed by atoms with E-state index < -0.39 is 0 Å². The number of carbonyl (C=O) groups excluding carboxylic acids is 2. The zero-order valence-electron chi connectivity index (χ0n) is 14.2. The summed E-state index contributed by atoms with van der Waals surface area (Å²) in [7, 11) is 0. The van der Waals surface area contributed by atoms with Crippen LogP contribution in [0.4, 0.5) is 0 Å². The zero-order chi connectivity index (χ0) is 16.6. The van der Waals surface area contributed by atoms with E-state index in [1.54, 1.807) is 0 Å². The summed E-state index contributed by atoms with van der Waals surface area (Å²) in [5, 5.41) is 2.99. The molecule has 2 aliphatic carbocycles. The minimum atomic E-state index is -0.254. The number of rotatable bonds is 5. The van der Waals surface area contributed by atoms with Crippen molar-refractivity contribution in [2.45, 2.75) is 51.0 Å². The van der Waals surface area contributed by atoms with Gasteiger partial charge in [-0.15, -0.1) is 0 Å². The maximum atomic E-state index is 13.0. The van der Waals surface area contributed by atoms with Gasteiger partial charge in [0.2, 0.25) is 11.8 Å². The Hall–Kier alpha value is -1.84. The van der Waals surface area contributed by atoms with Gasteiger partial charge in [-0.2, -0.15) is 0 Å². The van der Waals surface area contributed by atoms with Crippen molar-refractivity contribution in [1.29, 1.82) is 0 Å². The molecular weight excluding hydrogens is 300 g/mol. The van der Waals surface area contributed by atoms with Gasteiger partial charge < -0.3 is 10.2 Å². The maximum Gasteiger partial charge on any atom is 0.239 e. The summed E-state index contributed by atoms with van der Waals surface area (Å²) in [6.45, 7) is 0.967. The van der Waals surface area contributed by atoms with Gasteiger partial charge in [-0.25, -0.2) is 0 Å². The number of benzene rings is 1. The Morgan fingerprint density at radius 1 is 1.12 bits per heavy atom. The van der Waals surface area contributed by atoms with Gasteiger partial charge >= 0.3 is 0 Å². The molecule has 0 aromatic heterocycles. The minimum absolute atomic E-state index is 0.0122. The van der Waals surface area contributed by atoms with Crippen molar-refractivity contribution in [3.8, 4) is 0 Å². The molecule has 2 amide bonds. The quantitative estimate of drug-likeness (QED) is 0.846. The third-order valence-corrected chi connectivity index (χ3v) is 5.98. The van der Waals surface area contributed by atoms with Gasteiger partial charge in [0.15, 0.2) is 0 Å². The average molecular weight is 326 g/mol. The Morgan fingerprint density at radius 2 is 1.83 bits per heavy atom. The predicted molar refractivity (Wildman–Crippen MR) is 92.1 cm³/mol. The second kappa shape index (κ2) is 6.23. The second-order valence-corrected chi connectivity index (χ2v) is 7.71. The molecule has 1 atom stereocenters. The van der Waals surface area contributed by atoms with E-state index in [4.69, 9.17) is 0 Å². The lowest BCUT2D eigenvalue weighted by Gasteiger charge is -2.58. The third-order valence-electron chi connectivity index (χ3n) is 5.98. The number of hydrogen-bond acceptors (Lipinski definition) is 2. The van der Waals surface area contributed by atoms with Gasteiger partial charge in [0.1, 0.15) is 6.54 Å². The lowest BCUT2D eigenvalue weighted by Crippen LogP contribution is -2.65. The third kappa shape index (κ3) is 2.72. The standard InChI is InChI=1S/C20H26N2O2/c23-17(21-13-15-9-10-15)14-22-18(16-7-3-1-4-8-16)20(19(22)24)11-5-2-6-12-20/h1,3-4,7-8,15,18H,2,5-6,9-14H2,(H,21,23). The molecule has 0 radical (unpaired) electrons. The molecule has 1 aromatic carbocycles. The van der Waals surface area contributed by atoms with Crippen molar-refractivity contribution in [3.05, 3.63) is 35.9 Å². The lowest BCUT2D eigenvalue weighted by atomic mass is 9.60. The summed E-state index contributed by atoms with van der Waals surface area (Å²) >= 11 is 0. The second-order valence-electron chi connectivity index (χ2n) is 7.71. The Balaban J connectivity index is 1.51. The molecule has 1 N–H and O–H groups in total. The van der Waals surface area contributed by atoms with Gasteiger partial charge in [0, 0.05) is 6.54 Å². The van der Waals surface area contributed by atoms with Gasteiger partial charge in [-0.3, -0.25) is 9.59 Å². The molecule has 3 aliphatic rings. The maximum absolute atomic E-state index is 13.0. The molecule has 4 heteroatoms. The van der Waals surface area contributed by atoms with Crippen molar-refractivity contribution in [2.24, 2.45) is 11.3 Å². The van der Waals surface area contributed by atoms with Crippen LogP contribution in [0.1, 0.15) is 56.6 Å². The largest absolute Gasteiger partial charge is 0.354 e. The SMILES string of the molecule is O=C(CN1C(=O)C2(CCCCC2)C1c1ccccc1)NCC1CC1. The molecule has 4 rings (SSSR count). The van der Waals surface area contributed by atoms with E-state index in [2.05, 4.69) is 17.4 Å². The molecule has 1 heterocycles. The van der Waals surface area contributed by atoms with E-state index in [0.717, 1.165) is 32.2 Å². The van der Waals surface area contributed by atoms with Gasteiger partial charge in [0.25, 0.3) is 0 Å². The Labute approximate surface area is 143 Å². The van der Waals surface area contributed by atoms with Crippen LogP contribution >= 0.6 is 0 Å². The van der Waals surface area contributed by atoms with Crippen LogP contribution < -0.4 is 5.32 Å². The first-order chi connectivity index (χ1) is 11.7. The van der Waals surface area contributed by atoms with E-state index in [0.29, 0.717) is 5.92 Å². The van der Waals surface area contributed by atoms with Crippen LogP contribution in [0.2, 0.25) is 0 Å². The highest BCUT2D eigenvalue weighted by molar-refractivity contribution is 5.94. The van der Waals surface area contributed by atoms with Crippen molar-refractivity contribution in [1.82, 2.24) is 10.2 Å². The minimum Gasteiger partial charge on any atom is -0.354 e. The Morgan fingerprint density at radius 3 is 2.50 bits per heavy atom. The summed E-state index contributed by atoms with van der Waals surface area (Å²) in [4.78, 5) is 27.0. The van der Waals surface area contributed by atoms with E-state index in [1.165, 1.54) is 24.8 Å². The number of β-lactam (4-membered cyclic amide) rings is 1. The van der Waals surface area contributed by atoms with Crippen LogP contribution in [0, 0.1) is 11.3 Å². The van der Waals surface area contributed by atoms with E-state index in [-0.39, 0.29) is 29.8 Å². The molecule has 3 fully saturated rings. The normalized spacial score (nSPS) is 25.4. The first kappa shape index (κ1) is 15.7. The summed E-state index contributed by atoms with van der Waals surface area (Å²) in [6, 6.07) is 10.3. The number of nitrogens with one attached hydrogen (secondary N) is 1. The van der Waals surface area contributed by atoms with Crippen molar-refractivity contribution in [3.63, 3.8) is 0 Å². The average Bonchev–Trinajstić information content (AvgIpc) is 3.45. The lowest BCUT2D eigenvalue weighted by molar-refractivity contribution is -0.180. The number of carbonyl (C=O) groups is 2. The van der Waals surface area contributed by atoms with Crippen molar-refractivity contribution >= 4 is 11.8 Å². The number of hydrogen-bond donors (Lipinski definition) is 1. The predicted octanol–water partition coefficient (Wildman–Crippen LogP) is 3.05. The van der Waals surface area contributed by atoms with Crippen molar-refractivity contribution < 1.29 is 9.59 Å². The van der Waals surface area contributed by atoms with Crippen LogP contribution in [0.3, 0.4) is 0 Å². The fourth-order valence-corrected chi connectivity index (χ4v) is 4.51. The summed E-state index contributed by atoms with van der Waals surface area (Å²) < 4.78 is 0. The molecule has 4 nitrogen and oxygen atoms in total. The molecule has 0 bridgehead atoms. The molecule has 1 unspecified atom stereocenters. The molecule has 2 saturated carbocycles. The van der Waals surface area contributed by atoms with Crippen LogP contribution in [-0.4, -0.2) is 29.8 Å². The highest BCUT2D eigenvalue weighted by atomic mass is 16.2. The highest BCUT2D eigenvalue weighted by Gasteiger charge is 2.60. The van der Waals surface area contributed by atoms with E-state index >= 15 is 0 Å². The molecule has 1 aliphatic heterocycles. The van der Waals surface area contributed by atoms with Crippen LogP contribution in [0.25, 0.3) is 0 Å². The Kier molecular flexibility index (Phi) is 4.07. The molecule has 24 heavy (non-hydrogen) atoms. The summed E-state index contributed by atoms with van der Waals surface area (Å²) in [5.41, 5.74) is 0.921. The summed E-state index contributed by atoms with van der Waals surface area (Å²) in [5.74, 6) is 0.843. The number of amides is 2.